The fourth-order valence-electron chi connectivity index (χ4n) is 3.73. The number of rotatable bonds is 3. The Morgan fingerprint density at radius 1 is 1.06 bits per heavy atom. The van der Waals surface area contributed by atoms with Crippen molar-refractivity contribution in [1.82, 2.24) is 19.5 Å². The number of nitrogens with zero attached hydrogens (tertiary/aromatic N) is 5. The zero-order chi connectivity index (χ0) is 23.4. The van der Waals surface area contributed by atoms with Crippen molar-refractivity contribution in [2.75, 3.05) is 36.9 Å². The molecule has 4 aromatic rings. The van der Waals surface area contributed by atoms with Gasteiger partial charge in [0.15, 0.2) is 11.5 Å². The van der Waals surface area contributed by atoms with Gasteiger partial charge in [0.05, 0.1) is 18.9 Å². The van der Waals surface area contributed by atoms with E-state index in [1.54, 1.807) is 6.20 Å². The molecule has 3 aromatic heterocycles. The Morgan fingerprint density at radius 3 is 2.48 bits per heavy atom. The summed E-state index contributed by atoms with van der Waals surface area (Å²) in [6.45, 7) is 5.06. The van der Waals surface area contributed by atoms with Crippen LogP contribution in [-0.4, -0.2) is 51.7 Å². The molecule has 1 aromatic carbocycles. The molecule has 1 fully saturated rings. The second kappa shape index (κ2) is 9.66. The van der Waals surface area contributed by atoms with Crippen molar-refractivity contribution in [3.63, 3.8) is 0 Å². The van der Waals surface area contributed by atoms with Crippen molar-refractivity contribution < 1.29 is 4.74 Å². The first-order valence-electron chi connectivity index (χ1n) is 10.7. The van der Waals surface area contributed by atoms with E-state index in [4.69, 9.17) is 26.6 Å². The number of aromatic nitrogens is 4. The highest BCUT2D eigenvalue weighted by molar-refractivity contribution is 5.95. The first-order chi connectivity index (χ1) is 15.9. The smallest absolute Gasteiger partial charge is 0.164 e. The number of fused-ring (bicyclic) bond motifs is 1. The van der Waals surface area contributed by atoms with E-state index in [2.05, 4.69) is 14.9 Å². The van der Waals surface area contributed by atoms with Gasteiger partial charge < -0.3 is 25.7 Å². The van der Waals surface area contributed by atoms with Crippen LogP contribution in [0.1, 0.15) is 11.1 Å². The summed E-state index contributed by atoms with van der Waals surface area (Å²) in [7, 11) is 1.94. The molecule has 9 heteroatoms. The van der Waals surface area contributed by atoms with Crippen LogP contribution in [0.2, 0.25) is 0 Å². The summed E-state index contributed by atoms with van der Waals surface area (Å²) in [6, 6.07) is 15.3. The van der Waals surface area contributed by atoms with Gasteiger partial charge in [-0.3, -0.25) is 10.4 Å². The fourth-order valence-corrected chi connectivity index (χ4v) is 3.73. The van der Waals surface area contributed by atoms with Crippen LogP contribution in [0.5, 0.6) is 0 Å². The van der Waals surface area contributed by atoms with Crippen molar-refractivity contribution in [3.05, 3.63) is 65.9 Å². The van der Waals surface area contributed by atoms with E-state index in [0.717, 1.165) is 52.6 Å². The molecule has 0 aliphatic carbocycles. The number of ether oxygens (including phenoxy) is 1. The van der Waals surface area contributed by atoms with E-state index in [9.17, 15) is 0 Å². The maximum Gasteiger partial charge on any atom is 0.164 e. The van der Waals surface area contributed by atoms with Gasteiger partial charge in [-0.25, -0.2) is 9.97 Å². The number of pyridine rings is 2. The minimum Gasteiger partial charge on any atom is -0.384 e. The number of hydrogen-bond donors (Lipinski definition) is 3. The number of hydrogen-bond acceptors (Lipinski definition) is 7. The largest absolute Gasteiger partial charge is 0.384 e. The van der Waals surface area contributed by atoms with Crippen LogP contribution < -0.4 is 16.4 Å². The summed E-state index contributed by atoms with van der Waals surface area (Å²) in [4.78, 5) is 15.9. The lowest BCUT2D eigenvalue weighted by Crippen LogP contribution is -2.36. The first kappa shape index (κ1) is 22.2. The topological polar surface area (TPSA) is 132 Å². The molecular weight excluding hydrogens is 416 g/mol. The first-order valence-corrected chi connectivity index (χ1v) is 10.7. The number of imidazole rings is 1. The van der Waals surface area contributed by atoms with Crippen LogP contribution in [0, 0.1) is 12.3 Å². The Bertz CT molecular complexity index is 1260. The molecule has 1 aliphatic heterocycles. The van der Waals surface area contributed by atoms with Crippen LogP contribution in [0.3, 0.4) is 0 Å². The number of anilines is 2. The highest BCUT2D eigenvalue weighted by atomic mass is 16.5. The van der Waals surface area contributed by atoms with Gasteiger partial charge in [0.2, 0.25) is 0 Å². The zero-order valence-electron chi connectivity index (χ0n) is 18.8. The quantitative estimate of drug-likeness (QED) is 0.327. The van der Waals surface area contributed by atoms with Gasteiger partial charge in [0.1, 0.15) is 22.9 Å². The van der Waals surface area contributed by atoms with Gasteiger partial charge >= 0.3 is 0 Å². The van der Waals surface area contributed by atoms with Crippen LogP contribution in [0.4, 0.5) is 11.5 Å². The Kier molecular flexibility index (Phi) is 6.50. The maximum absolute atomic E-state index is 7.11. The van der Waals surface area contributed by atoms with Crippen LogP contribution in [0.15, 0.2) is 54.7 Å². The summed E-state index contributed by atoms with van der Waals surface area (Å²) in [6.07, 6.45) is 1.76. The van der Waals surface area contributed by atoms with E-state index < -0.39 is 0 Å². The average molecular weight is 445 g/mol. The van der Waals surface area contributed by atoms with E-state index in [1.807, 2.05) is 67.1 Å². The number of amidine groups is 1. The highest BCUT2D eigenvalue weighted by Crippen LogP contribution is 2.30. The standard InChI is InChI=1S/C16H18N6O.C8H10N2/c1-21-15(11-4-2-3-5-18-11)20-14-12(10-13(17)19-16(14)21)22-6-8-23-9-7-22;1-6-3-2-4-7(5-6)8(9)10/h2-5,10H,6-9H2,1H3,(H2,17,19);2-5H,1H3,(H3,9,10). The van der Waals surface area contributed by atoms with E-state index >= 15 is 0 Å². The van der Waals surface area contributed by atoms with Gasteiger partial charge in [-0.1, -0.05) is 29.8 Å². The SMILES string of the molecule is Cc1cccc(C(=N)N)c1.Cn1c(-c2ccccn2)nc2c(N3CCOCC3)cc(N)nc21. The molecule has 0 atom stereocenters. The van der Waals surface area contributed by atoms with Gasteiger partial charge in [-0.05, 0) is 25.1 Å². The van der Waals surface area contributed by atoms with E-state index in [-0.39, 0.29) is 5.84 Å². The Labute approximate surface area is 192 Å². The molecule has 33 heavy (non-hydrogen) atoms. The van der Waals surface area contributed by atoms with E-state index in [1.165, 1.54) is 0 Å². The number of nitrogens with two attached hydrogens (primary N) is 2. The van der Waals surface area contributed by atoms with Crippen LogP contribution in [-0.2, 0) is 11.8 Å². The average Bonchev–Trinajstić information content (AvgIpc) is 3.16. The second-order valence-corrected chi connectivity index (χ2v) is 7.83. The predicted octanol–water partition coefficient (Wildman–Crippen LogP) is 2.73. The Hall–Kier alpha value is -3.98. The highest BCUT2D eigenvalue weighted by Gasteiger charge is 2.20. The summed E-state index contributed by atoms with van der Waals surface area (Å²) in [5.74, 6) is 1.41. The minimum atomic E-state index is 0.128. The molecule has 1 saturated heterocycles. The molecule has 0 unspecified atom stereocenters. The lowest BCUT2D eigenvalue weighted by molar-refractivity contribution is 0.123. The molecule has 0 radical (unpaired) electrons. The molecule has 9 nitrogen and oxygen atoms in total. The monoisotopic (exact) mass is 444 g/mol. The molecule has 0 spiro atoms. The van der Waals surface area contributed by atoms with Gasteiger partial charge in [0.25, 0.3) is 0 Å². The normalized spacial score (nSPS) is 13.5. The molecule has 4 heterocycles. The van der Waals surface area contributed by atoms with Crippen molar-refractivity contribution in [2.45, 2.75) is 6.92 Å². The molecule has 5 rings (SSSR count). The lowest BCUT2D eigenvalue weighted by atomic mass is 10.1. The summed E-state index contributed by atoms with van der Waals surface area (Å²) in [5.41, 5.74) is 16.7. The van der Waals surface area contributed by atoms with Crippen molar-refractivity contribution >= 4 is 28.5 Å². The molecule has 170 valence electrons. The van der Waals surface area contributed by atoms with Gasteiger partial charge in [0, 0.05) is 38.0 Å². The van der Waals surface area contributed by atoms with Crippen LogP contribution in [0.25, 0.3) is 22.7 Å². The van der Waals surface area contributed by atoms with Crippen molar-refractivity contribution in [3.8, 4) is 11.5 Å². The van der Waals surface area contributed by atoms with Crippen molar-refractivity contribution in [2.24, 2.45) is 12.8 Å². The minimum absolute atomic E-state index is 0.128. The van der Waals surface area contributed by atoms with Gasteiger partial charge in [-0.2, -0.15) is 0 Å². The third-order valence-electron chi connectivity index (χ3n) is 5.40. The second-order valence-electron chi connectivity index (χ2n) is 7.83. The maximum atomic E-state index is 7.11. The number of nitrogen functional groups attached to an aromatic ring is 2. The zero-order valence-corrected chi connectivity index (χ0v) is 18.8. The predicted molar refractivity (Wildman–Crippen MR) is 131 cm³/mol. The summed E-state index contributed by atoms with van der Waals surface area (Å²) < 4.78 is 7.38. The fraction of sp³-hybridized carbons (Fsp3) is 0.250. The molecular formula is C24H28N8O. The number of morpholine rings is 1. The molecule has 1 aliphatic rings. The number of nitrogens with one attached hydrogen (secondary N) is 1. The summed E-state index contributed by atoms with van der Waals surface area (Å²) in [5, 5.41) is 7.11. The molecule has 0 saturated carbocycles. The number of aryl methyl sites for hydroxylation is 2. The van der Waals surface area contributed by atoms with E-state index in [0.29, 0.717) is 19.0 Å². The van der Waals surface area contributed by atoms with Crippen LogP contribution >= 0.6 is 0 Å². The molecule has 0 amide bonds. The van der Waals surface area contributed by atoms with Gasteiger partial charge in [-0.15, -0.1) is 0 Å². The third-order valence-corrected chi connectivity index (χ3v) is 5.40. The Morgan fingerprint density at radius 2 is 1.85 bits per heavy atom. The Balaban J connectivity index is 0.000000219. The molecule has 5 N–H and O–H groups in total. The lowest BCUT2D eigenvalue weighted by Gasteiger charge is -2.29. The number of benzene rings is 1. The summed E-state index contributed by atoms with van der Waals surface area (Å²) >= 11 is 0. The third kappa shape index (κ3) is 4.93. The van der Waals surface area contributed by atoms with Crippen molar-refractivity contribution in [1.29, 1.82) is 5.41 Å². The molecule has 0 bridgehead atoms.